The fourth-order valence-corrected chi connectivity index (χ4v) is 6.38. The minimum atomic E-state index is -0.633. The summed E-state index contributed by atoms with van der Waals surface area (Å²) in [6.07, 6.45) is 1.32. The van der Waals surface area contributed by atoms with Crippen molar-refractivity contribution in [3.8, 4) is 17.1 Å². The van der Waals surface area contributed by atoms with E-state index in [1.807, 2.05) is 20.8 Å². The van der Waals surface area contributed by atoms with Crippen LogP contribution < -0.4 is 15.4 Å². The zero-order valence-electron chi connectivity index (χ0n) is 25.0. The van der Waals surface area contributed by atoms with Crippen LogP contribution in [0.5, 0.6) is 6.01 Å². The first-order valence-corrected chi connectivity index (χ1v) is 15.0. The normalized spacial score (nSPS) is 19.6. The Balaban J connectivity index is 1.47. The molecule has 2 aliphatic heterocycles. The van der Waals surface area contributed by atoms with Crippen molar-refractivity contribution in [1.82, 2.24) is 24.9 Å². The molecule has 4 aromatic rings. The number of anilines is 2. The Kier molecular flexibility index (Phi) is 8.32. The highest BCUT2D eigenvalue weighted by atomic mass is 35.5. The third-order valence-corrected chi connectivity index (χ3v) is 8.72. The van der Waals surface area contributed by atoms with Crippen LogP contribution in [-0.2, 0) is 9.53 Å². The van der Waals surface area contributed by atoms with E-state index in [0.717, 1.165) is 18.7 Å². The summed E-state index contributed by atoms with van der Waals surface area (Å²) in [6, 6.07) is 4.98. The maximum absolute atomic E-state index is 16.9. The molecule has 13 heteroatoms. The summed E-state index contributed by atoms with van der Waals surface area (Å²) in [6.45, 7) is 14.3. The van der Waals surface area contributed by atoms with Crippen LogP contribution in [0.1, 0.15) is 19.4 Å². The van der Waals surface area contributed by atoms with Gasteiger partial charge in [0.05, 0.1) is 23.6 Å². The van der Waals surface area contributed by atoms with Gasteiger partial charge in [-0.15, -0.1) is 0 Å². The number of carbonyl (C=O) groups is 1. The number of fused-ring (bicyclic) bond motifs is 2. The lowest BCUT2D eigenvalue weighted by Crippen LogP contribution is -2.58. The number of nitrogens with zero attached hydrogens (tertiary/aromatic N) is 6. The summed E-state index contributed by atoms with van der Waals surface area (Å²) >= 11 is 6.89. The summed E-state index contributed by atoms with van der Waals surface area (Å²) in [4.78, 5) is 27.9. The van der Waals surface area contributed by atoms with E-state index in [9.17, 15) is 4.79 Å². The summed E-state index contributed by atoms with van der Waals surface area (Å²) in [7, 11) is 0. The van der Waals surface area contributed by atoms with Gasteiger partial charge in [0.15, 0.2) is 17.2 Å². The molecule has 0 saturated carbocycles. The third-order valence-electron chi connectivity index (χ3n) is 8.42. The second-order valence-corrected chi connectivity index (χ2v) is 11.7. The Hall–Kier alpha value is -4.00. The molecule has 2 aromatic heterocycles. The van der Waals surface area contributed by atoms with Gasteiger partial charge in [0.1, 0.15) is 17.9 Å². The maximum atomic E-state index is 16.9. The van der Waals surface area contributed by atoms with Crippen molar-refractivity contribution in [3.05, 3.63) is 47.3 Å². The van der Waals surface area contributed by atoms with E-state index < -0.39 is 5.82 Å². The number of nitrogen functional groups attached to an aromatic ring is 1. The molecule has 44 heavy (non-hydrogen) atoms. The number of piperazine rings is 1. The van der Waals surface area contributed by atoms with Crippen LogP contribution in [0.3, 0.4) is 0 Å². The van der Waals surface area contributed by atoms with Crippen LogP contribution in [0.15, 0.2) is 35.4 Å². The first-order valence-electron chi connectivity index (χ1n) is 14.6. The Morgan fingerprint density at radius 3 is 2.73 bits per heavy atom. The smallest absolute Gasteiger partial charge is 0.319 e. The van der Waals surface area contributed by atoms with Gasteiger partial charge in [-0.3, -0.25) is 9.69 Å². The zero-order valence-corrected chi connectivity index (χ0v) is 25.7. The van der Waals surface area contributed by atoms with Crippen LogP contribution in [0.25, 0.3) is 33.0 Å². The predicted octanol–water partition coefficient (Wildman–Crippen LogP) is 4.44. The van der Waals surface area contributed by atoms with E-state index >= 15 is 4.39 Å². The number of morpholine rings is 1. The van der Waals surface area contributed by atoms with Gasteiger partial charge < -0.3 is 29.5 Å². The van der Waals surface area contributed by atoms with Crippen LogP contribution >= 0.6 is 11.6 Å². The average molecular weight is 624 g/mol. The number of hydrogen-bond acceptors (Lipinski definition) is 10. The van der Waals surface area contributed by atoms with Crippen molar-refractivity contribution in [2.75, 3.05) is 63.2 Å². The van der Waals surface area contributed by atoms with Crippen molar-refractivity contribution in [1.29, 1.82) is 0 Å². The molecule has 4 heterocycles. The summed E-state index contributed by atoms with van der Waals surface area (Å²) in [5, 5.41) is 4.96. The van der Waals surface area contributed by atoms with Crippen molar-refractivity contribution in [3.63, 3.8) is 0 Å². The van der Waals surface area contributed by atoms with E-state index in [1.54, 1.807) is 23.1 Å². The number of aromatic nitrogens is 3. The minimum Gasteiger partial charge on any atom is -0.462 e. The van der Waals surface area contributed by atoms with E-state index in [-0.39, 0.29) is 45.9 Å². The Morgan fingerprint density at radius 2 is 1.98 bits per heavy atom. The largest absolute Gasteiger partial charge is 0.462 e. The van der Waals surface area contributed by atoms with Crippen LogP contribution in [0.4, 0.5) is 16.0 Å². The highest BCUT2D eigenvalue weighted by molar-refractivity contribution is 6.35. The molecule has 0 spiro atoms. The highest BCUT2D eigenvalue weighted by Gasteiger charge is 2.34. The van der Waals surface area contributed by atoms with Crippen molar-refractivity contribution >= 4 is 51.0 Å². The standard InChI is InChI=1S/C31H35ClFN7O4/c1-5-23(41)39-15-19(4)40(16-18(39)3)30-20-14-21(32)25(24-17(2)6-7-22-26(24)29(34)37-44-22)27(33)28(20)35-31(36-30)43-13-10-38-8-11-42-12-9-38/h5-7,14,18-19H,1,8-13,15-16H2,2-4H3,(H2,34,37)/t18-,19+/m1/s1. The van der Waals surface area contributed by atoms with Gasteiger partial charge in [-0.1, -0.05) is 29.4 Å². The van der Waals surface area contributed by atoms with E-state index in [2.05, 4.69) is 26.5 Å². The summed E-state index contributed by atoms with van der Waals surface area (Å²) in [5.41, 5.74) is 8.01. The molecule has 232 valence electrons. The molecule has 6 rings (SSSR count). The first-order chi connectivity index (χ1) is 21.2. The van der Waals surface area contributed by atoms with Gasteiger partial charge in [-0.05, 0) is 44.5 Å². The third kappa shape index (κ3) is 5.42. The summed E-state index contributed by atoms with van der Waals surface area (Å²) in [5.74, 6) is -0.153. The fourth-order valence-electron chi connectivity index (χ4n) is 6.09. The lowest BCUT2D eigenvalue weighted by atomic mass is 9.95. The minimum absolute atomic E-state index is 0.0526. The van der Waals surface area contributed by atoms with E-state index in [0.29, 0.717) is 67.2 Å². The first kappa shape index (κ1) is 30.0. The lowest BCUT2D eigenvalue weighted by molar-refractivity contribution is -0.128. The van der Waals surface area contributed by atoms with E-state index in [4.69, 9.17) is 36.3 Å². The molecule has 11 nitrogen and oxygen atoms in total. The molecular weight excluding hydrogens is 589 g/mol. The molecule has 2 saturated heterocycles. The number of carbonyl (C=O) groups excluding carboxylic acids is 1. The van der Waals surface area contributed by atoms with Gasteiger partial charge in [-0.25, -0.2) is 4.39 Å². The number of rotatable bonds is 7. The number of amides is 1. The molecule has 2 aromatic carbocycles. The van der Waals surface area contributed by atoms with Crippen LogP contribution in [0, 0.1) is 12.7 Å². The van der Waals surface area contributed by atoms with Crippen molar-refractivity contribution < 1.29 is 23.2 Å². The molecule has 0 aliphatic carbocycles. The zero-order chi connectivity index (χ0) is 31.1. The number of aryl methyl sites for hydroxylation is 1. The molecule has 2 atom stereocenters. The van der Waals surface area contributed by atoms with Gasteiger partial charge in [0.25, 0.3) is 0 Å². The van der Waals surface area contributed by atoms with Gasteiger partial charge in [0.2, 0.25) is 5.91 Å². The molecule has 0 bridgehead atoms. The summed E-state index contributed by atoms with van der Waals surface area (Å²) < 4.78 is 33.7. The molecule has 0 radical (unpaired) electrons. The monoisotopic (exact) mass is 623 g/mol. The molecule has 2 N–H and O–H groups in total. The molecule has 2 fully saturated rings. The van der Waals surface area contributed by atoms with Crippen molar-refractivity contribution in [2.24, 2.45) is 0 Å². The number of nitrogens with two attached hydrogens (primary N) is 1. The number of ether oxygens (including phenoxy) is 2. The van der Waals surface area contributed by atoms with Gasteiger partial charge in [-0.2, -0.15) is 9.97 Å². The lowest BCUT2D eigenvalue weighted by Gasteiger charge is -2.44. The van der Waals surface area contributed by atoms with Gasteiger partial charge >= 0.3 is 6.01 Å². The SMILES string of the molecule is C=CC(=O)N1C[C@H](C)N(c2nc(OCCN3CCOCC3)nc3c(F)c(-c4c(C)ccc5onc(N)c45)c(Cl)cc23)C[C@H]1C. The Morgan fingerprint density at radius 1 is 1.20 bits per heavy atom. The highest BCUT2D eigenvalue weighted by Crippen LogP contribution is 2.44. The van der Waals surface area contributed by atoms with Crippen molar-refractivity contribution in [2.45, 2.75) is 32.9 Å². The molecule has 2 aliphatic rings. The molecular formula is C31H35ClFN7O4. The van der Waals surface area contributed by atoms with Gasteiger partial charge in [0, 0.05) is 61.3 Å². The molecule has 0 unspecified atom stereocenters. The number of hydrogen-bond donors (Lipinski definition) is 1. The Bertz CT molecular complexity index is 1740. The second kappa shape index (κ2) is 12.2. The number of benzene rings is 2. The van der Waals surface area contributed by atoms with Crippen LogP contribution in [0.2, 0.25) is 5.02 Å². The average Bonchev–Trinajstić information content (AvgIpc) is 3.39. The topological polar surface area (TPSA) is 123 Å². The second-order valence-electron chi connectivity index (χ2n) is 11.3. The van der Waals surface area contributed by atoms with E-state index in [1.165, 1.54) is 6.08 Å². The van der Waals surface area contributed by atoms with Crippen LogP contribution in [-0.4, -0.2) is 95.5 Å². The predicted molar refractivity (Wildman–Crippen MR) is 168 cm³/mol. The molecule has 1 amide bonds. The fraction of sp³-hybridized carbons (Fsp3) is 0.419. The maximum Gasteiger partial charge on any atom is 0.319 e. The Labute approximate surface area is 259 Å². The quantitative estimate of drug-likeness (QED) is 0.296. The number of halogens is 2.